The SMILES string of the molecule is COc1cccc2sc(C(=O)N(C)C(C)C(C)C)c(N)c12. The molecule has 0 saturated heterocycles. The summed E-state index contributed by atoms with van der Waals surface area (Å²) in [5.74, 6) is 1.07. The first-order valence-electron chi connectivity index (χ1n) is 7.00. The lowest BCUT2D eigenvalue weighted by molar-refractivity contribution is 0.0713. The number of carbonyl (C=O) groups is 1. The molecule has 0 bridgehead atoms. The van der Waals surface area contributed by atoms with Gasteiger partial charge in [0.25, 0.3) is 5.91 Å². The Hall–Kier alpha value is -1.75. The average Bonchev–Trinajstić information content (AvgIpc) is 2.82. The first kappa shape index (κ1) is 15.6. The number of thiophene rings is 1. The van der Waals surface area contributed by atoms with Gasteiger partial charge in [-0.05, 0) is 25.0 Å². The number of hydrogen-bond acceptors (Lipinski definition) is 4. The van der Waals surface area contributed by atoms with Gasteiger partial charge in [0.1, 0.15) is 10.6 Å². The maximum absolute atomic E-state index is 12.7. The molecule has 0 aliphatic heterocycles. The van der Waals surface area contributed by atoms with Crippen LogP contribution in [0.1, 0.15) is 30.4 Å². The van der Waals surface area contributed by atoms with E-state index in [-0.39, 0.29) is 11.9 Å². The van der Waals surface area contributed by atoms with Crippen molar-refractivity contribution in [3.63, 3.8) is 0 Å². The molecular formula is C16H22N2O2S. The molecule has 1 atom stereocenters. The lowest BCUT2D eigenvalue weighted by atomic mass is 10.0. The molecule has 4 nitrogen and oxygen atoms in total. The highest BCUT2D eigenvalue weighted by atomic mass is 32.1. The number of hydrogen-bond donors (Lipinski definition) is 1. The van der Waals surface area contributed by atoms with Gasteiger partial charge in [-0.1, -0.05) is 19.9 Å². The lowest BCUT2D eigenvalue weighted by Crippen LogP contribution is -2.38. The molecule has 1 unspecified atom stereocenters. The first-order valence-corrected chi connectivity index (χ1v) is 7.82. The summed E-state index contributed by atoms with van der Waals surface area (Å²) in [6, 6.07) is 5.89. The van der Waals surface area contributed by atoms with Gasteiger partial charge in [0.05, 0.1) is 18.2 Å². The highest BCUT2D eigenvalue weighted by Crippen LogP contribution is 2.40. The van der Waals surface area contributed by atoms with Crippen molar-refractivity contribution in [3.05, 3.63) is 23.1 Å². The summed E-state index contributed by atoms with van der Waals surface area (Å²) in [5.41, 5.74) is 6.73. The summed E-state index contributed by atoms with van der Waals surface area (Å²) < 4.78 is 6.32. The van der Waals surface area contributed by atoms with Crippen LogP contribution in [0.4, 0.5) is 5.69 Å². The van der Waals surface area contributed by atoms with Crippen molar-refractivity contribution >= 4 is 33.0 Å². The molecule has 5 heteroatoms. The second-order valence-corrected chi connectivity index (χ2v) is 6.63. The molecule has 2 aromatic rings. The largest absolute Gasteiger partial charge is 0.496 e. The maximum Gasteiger partial charge on any atom is 0.266 e. The van der Waals surface area contributed by atoms with E-state index in [1.807, 2.05) is 32.2 Å². The molecule has 0 spiro atoms. The fraction of sp³-hybridized carbons (Fsp3) is 0.438. The summed E-state index contributed by atoms with van der Waals surface area (Å²) >= 11 is 1.42. The third kappa shape index (κ3) is 2.70. The number of methoxy groups -OCH3 is 1. The fourth-order valence-electron chi connectivity index (χ4n) is 2.26. The fourth-order valence-corrected chi connectivity index (χ4v) is 3.38. The van der Waals surface area contributed by atoms with Crippen molar-refractivity contribution in [2.75, 3.05) is 19.9 Å². The summed E-state index contributed by atoms with van der Waals surface area (Å²) in [6.45, 7) is 6.25. The Morgan fingerprint density at radius 1 is 1.33 bits per heavy atom. The summed E-state index contributed by atoms with van der Waals surface area (Å²) in [4.78, 5) is 15.0. The Morgan fingerprint density at radius 3 is 2.57 bits per heavy atom. The number of nitrogens with zero attached hydrogens (tertiary/aromatic N) is 1. The maximum atomic E-state index is 12.7. The van der Waals surface area contributed by atoms with Crippen LogP contribution in [0.15, 0.2) is 18.2 Å². The monoisotopic (exact) mass is 306 g/mol. The first-order chi connectivity index (χ1) is 9.88. The third-order valence-corrected chi connectivity index (χ3v) is 5.18. The van der Waals surface area contributed by atoms with Crippen LogP contribution in [0, 0.1) is 5.92 Å². The molecule has 0 radical (unpaired) electrons. The molecule has 2 rings (SSSR count). The van der Waals surface area contributed by atoms with E-state index >= 15 is 0 Å². The average molecular weight is 306 g/mol. The van der Waals surface area contributed by atoms with Crippen molar-refractivity contribution in [2.24, 2.45) is 5.92 Å². The highest BCUT2D eigenvalue weighted by molar-refractivity contribution is 7.21. The summed E-state index contributed by atoms with van der Waals surface area (Å²) in [5, 5.41) is 0.832. The normalized spacial score (nSPS) is 12.7. The molecule has 0 fully saturated rings. The van der Waals surface area contributed by atoms with Crippen LogP contribution in [-0.2, 0) is 0 Å². The van der Waals surface area contributed by atoms with E-state index in [0.29, 0.717) is 22.2 Å². The van der Waals surface area contributed by atoms with Gasteiger partial charge in [-0.15, -0.1) is 11.3 Å². The third-order valence-electron chi connectivity index (χ3n) is 4.02. The van der Waals surface area contributed by atoms with Crippen LogP contribution in [0.25, 0.3) is 10.1 Å². The number of rotatable bonds is 4. The van der Waals surface area contributed by atoms with E-state index in [1.54, 1.807) is 12.0 Å². The summed E-state index contributed by atoms with van der Waals surface area (Å²) in [7, 11) is 3.44. The van der Waals surface area contributed by atoms with Crippen LogP contribution in [0.3, 0.4) is 0 Å². The van der Waals surface area contributed by atoms with Gasteiger partial charge in [-0.2, -0.15) is 0 Å². The zero-order valence-electron chi connectivity index (χ0n) is 13.1. The Bertz CT molecular complexity index is 664. The molecule has 0 saturated carbocycles. The van der Waals surface area contributed by atoms with Gasteiger partial charge >= 0.3 is 0 Å². The zero-order chi connectivity index (χ0) is 15.7. The number of fused-ring (bicyclic) bond motifs is 1. The molecule has 0 aliphatic rings. The Morgan fingerprint density at radius 2 is 2.00 bits per heavy atom. The molecule has 1 aromatic carbocycles. The van der Waals surface area contributed by atoms with Gasteiger partial charge in [0, 0.05) is 17.8 Å². The number of benzene rings is 1. The molecule has 2 N–H and O–H groups in total. The standard InChI is InChI=1S/C16H22N2O2S/c1-9(2)10(3)18(4)16(19)15-14(17)13-11(20-5)7-6-8-12(13)21-15/h6-10H,17H2,1-5H3. The predicted molar refractivity (Wildman–Crippen MR) is 89.2 cm³/mol. The van der Waals surface area contributed by atoms with Crippen LogP contribution in [0.2, 0.25) is 0 Å². The minimum absolute atomic E-state index is 0.0306. The zero-order valence-corrected chi connectivity index (χ0v) is 14.0. The van der Waals surface area contributed by atoms with E-state index < -0.39 is 0 Å². The number of nitrogen functional groups attached to an aromatic ring is 1. The number of carbonyl (C=O) groups excluding carboxylic acids is 1. The topological polar surface area (TPSA) is 55.6 Å². The number of anilines is 1. The van der Waals surface area contributed by atoms with Crippen LogP contribution in [-0.4, -0.2) is 31.0 Å². The predicted octanol–water partition coefficient (Wildman–Crippen LogP) is 3.61. The Kier molecular flexibility index (Phi) is 4.42. The van der Waals surface area contributed by atoms with E-state index in [9.17, 15) is 4.79 Å². The van der Waals surface area contributed by atoms with Gasteiger partial charge in [0.2, 0.25) is 0 Å². The van der Waals surface area contributed by atoms with Crippen molar-refractivity contribution < 1.29 is 9.53 Å². The van der Waals surface area contributed by atoms with E-state index in [0.717, 1.165) is 10.1 Å². The lowest BCUT2D eigenvalue weighted by Gasteiger charge is -2.27. The van der Waals surface area contributed by atoms with Crippen molar-refractivity contribution in [1.82, 2.24) is 4.90 Å². The van der Waals surface area contributed by atoms with Gasteiger partial charge < -0.3 is 15.4 Å². The van der Waals surface area contributed by atoms with Gasteiger partial charge in [-0.3, -0.25) is 4.79 Å². The second kappa shape index (κ2) is 5.93. The quantitative estimate of drug-likeness (QED) is 0.939. The van der Waals surface area contributed by atoms with Gasteiger partial charge in [-0.25, -0.2) is 0 Å². The molecule has 1 heterocycles. The van der Waals surface area contributed by atoms with Crippen LogP contribution >= 0.6 is 11.3 Å². The van der Waals surface area contributed by atoms with E-state index in [4.69, 9.17) is 10.5 Å². The van der Waals surface area contributed by atoms with E-state index in [2.05, 4.69) is 13.8 Å². The molecule has 0 aliphatic carbocycles. The van der Waals surface area contributed by atoms with Crippen LogP contribution in [0.5, 0.6) is 5.75 Å². The molecule has 1 amide bonds. The molecule has 114 valence electrons. The molecular weight excluding hydrogens is 284 g/mol. The minimum Gasteiger partial charge on any atom is -0.496 e. The van der Waals surface area contributed by atoms with Crippen LogP contribution < -0.4 is 10.5 Å². The minimum atomic E-state index is -0.0306. The Balaban J connectivity index is 2.48. The Labute approximate surface area is 129 Å². The van der Waals surface area contributed by atoms with Crippen molar-refractivity contribution in [3.8, 4) is 5.75 Å². The van der Waals surface area contributed by atoms with Gasteiger partial charge in [0.15, 0.2) is 0 Å². The molecule has 1 aromatic heterocycles. The van der Waals surface area contributed by atoms with Crippen molar-refractivity contribution in [1.29, 1.82) is 0 Å². The van der Waals surface area contributed by atoms with E-state index in [1.165, 1.54) is 11.3 Å². The highest BCUT2D eigenvalue weighted by Gasteiger charge is 2.25. The smallest absolute Gasteiger partial charge is 0.266 e. The molecule has 21 heavy (non-hydrogen) atoms. The van der Waals surface area contributed by atoms with Crippen molar-refractivity contribution in [2.45, 2.75) is 26.8 Å². The number of amides is 1. The second-order valence-electron chi connectivity index (χ2n) is 5.58. The number of ether oxygens (including phenoxy) is 1. The number of nitrogens with two attached hydrogens (primary N) is 1. The summed E-state index contributed by atoms with van der Waals surface area (Å²) in [6.07, 6.45) is 0.